The van der Waals surface area contributed by atoms with Crippen molar-refractivity contribution in [1.29, 1.82) is 0 Å². The van der Waals surface area contributed by atoms with Gasteiger partial charge in [-0.15, -0.1) is 6.58 Å². The van der Waals surface area contributed by atoms with E-state index in [0.717, 1.165) is 32.1 Å². The van der Waals surface area contributed by atoms with Crippen molar-refractivity contribution in [2.75, 3.05) is 4.90 Å². The van der Waals surface area contributed by atoms with Crippen LogP contribution in [0, 0.1) is 5.92 Å². The highest BCUT2D eigenvalue weighted by Crippen LogP contribution is 2.67. The quantitative estimate of drug-likeness (QED) is 0.136. The Morgan fingerprint density at radius 1 is 0.821 bits per heavy atom. The number of nitrogens with zero attached hydrogens (tertiary/aromatic N) is 1. The lowest BCUT2D eigenvalue weighted by atomic mass is 9.62. The molecule has 0 radical (unpaired) electrons. The maximum atomic E-state index is 4.29. The summed E-state index contributed by atoms with van der Waals surface area (Å²) in [4.78, 5) is 2.63. The maximum absolute atomic E-state index is 4.29. The van der Waals surface area contributed by atoms with Crippen molar-refractivity contribution in [3.8, 4) is 11.1 Å². The van der Waals surface area contributed by atoms with Gasteiger partial charge >= 0.3 is 0 Å². The highest BCUT2D eigenvalue weighted by Gasteiger charge is 2.58. The predicted octanol–water partition coefficient (Wildman–Crippen LogP) is 14.1. The molecule has 4 aromatic carbocycles. The van der Waals surface area contributed by atoms with Gasteiger partial charge in [-0.25, -0.2) is 0 Å². The van der Waals surface area contributed by atoms with Crippen molar-refractivity contribution in [3.63, 3.8) is 0 Å². The fourth-order valence-electron chi connectivity index (χ4n) is 11.2. The summed E-state index contributed by atoms with van der Waals surface area (Å²) in [5.74, 6) is 0.376. The number of rotatable bonds is 7. The fourth-order valence-corrected chi connectivity index (χ4v) is 11.2. The molecule has 56 heavy (non-hydrogen) atoms. The number of hydrogen-bond acceptors (Lipinski definition) is 1. The zero-order valence-electron chi connectivity index (χ0n) is 32.9. The molecule has 0 bridgehead atoms. The van der Waals surface area contributed by atoms with Gasteiger partial charge in [0, 0.05) is 28.3 Å². The van der Waals surface area contributed by atoms with Crippen LogP contribution in [0.5, 0.6) is 0 Å². The van der Waals surface area contributed by atoms with Crippen LogP contribution in [0.3, 0.4) is 0 Å². The van der Waals surface area contributed by atoms with Gasteiger partial charge in [-0.05, 0) is 124 Å². The van der Waals surface area contributed by atoms with Crippen molar-refractivity contribution in [3.05, 3.63) is 232 Å². The minimum absolute atomic E-state index is 0.124. The molecule has 0 N–H and O–H groups in total. The second-order valence-corrected chi connectivity index (χ2v) is 16.5. The zero-order chi connectivity index (χ0) is 38.0. The van der Waals surface area contributed by atoms with Gasteiger partial charge in [0.2, 0.25) is 0 Å². The fraction of sp³-hybridized carbons (Fsp3) is 0.200. The molecule has 0 saturated carbocycles. The summed E-state index contributed by atoms with van der Waals surface area (Å²) in [5.41, 5.74) is 21.7. The Morgan fingerprint density at radius 2 is 1.59 bits per heavy atom. The van der Waals surface area contributed by atoms with Gasteiger partial charge in [-0.3, -0.25) is 0 Å². The van der Waals surface area contributed by atoms with Crippen LogP contribution in [0.4, 0.5) is 5.69 Å². The maximum Gasteiger partial charge on any atom is 0.0501 e. The highest BCUT2D eigenvalue weighted by atomic mass is 15.2. The van der Waals surface area contributed by atoms with Crippen molar-refractivity contribution in [1.82, 2.24) is 0 Å². The normalized spacial score (nSPS) is 22.5. The molecule has 6 aliphatic carbocycles. The van der Waals surface area contributed by atoms with Crippen molar-refractivity contribution in [2.45, 2.75) is 63.7 Å². The number of allylic oxidation sites excluding steroid dienone is 17. The number of fused-ring (bicyclic) bond motifs is 11. The van der Waals surface area contributed by atoms with Gasteiger partial charge in [-0.1, -0.05) is 160 Å². The SMILES string of the molecule is C=CC/C(=C(\C=C/C)N(C1=CCCC2=C1c1ccccc1C21C2=C(CC=CC=C2)C2=CC=CCC21)c1ccc2c(c1)C(C)(C)c1ccccc1-2)c1ccccc1. The molecule has 0 saturated heterocycles. The van der Waals surface area contributed by atoms with E-state index in [1.165, 1.54) is 83.9 Å². The number of benzene rings is 4. The summed E-state index contributed by atoms with van der Waals surface area (Å²) in [6.45, 7) is 11.2. The number of anilines is 1. The van der Waals surface area contributed by atoms with Crippen LogP contribution in [0.1, 0.15) is 80.7 Å². The van der Waals surface area contributed by atoms with Crippen LogP contribution < -0.4 is 4.90 Å². The van der Waals surface area contributed by atoms with Gasteiger partial charge in [0.15, 0.2) is 0 Å². The van der Waals surface area contributed by atoms with Crippen LogP contribution in [-0.4, -0.2) is 0 Å². The highest BCUT2D eigenvalue weighted by molar-refractivity contribution is 5.98. The van der Waals surface area contributed by atoms with E-state index < -0.39 is 0 Å². The van der Waals surface area contributed by atoms with E-state index in [9.17, 15) is 0 Å². The molecule has 0 aromatic heterocycles. The summed E-state index contributed by atoms with van der Waals surface area (Å²) in [5, 5.41) is 0. The third kappa shape index (κ3) is 4.86. The Balaban J connectivity index is 1.27. The van der Waals surface area contributed by atoms with Crippen molar-refractivity contribution in [2.24, 2.45) is 5.92 Å². The molecule has 1 nitrogen and oxygen atoms in total. The first-order chi connectivity index (χ1) is 27.5. The van der Waals surface area contributed by atoms with E-state index in [0.29, 0.717) is 5.92 Å². The van der Waals surface area contributed by atoms with E-state index in [2.05, 4.69) is 196 Å². The summed E-state index contributed by atoms with van der Waals surface area (Å²) >= 11 is 0. The van der Waals surface area contributed by atoms with Gasteiger partial charge < -0.3 is 4.90 Å². The Bertz CT molecular complexity index is 2600. The summed E-state index contributed by atoms with van der Waals surface area (Å²) < 4.78 is 0. The molecule has 6 aliphatic rings. The second kappa shape index (κ2) is 13.4. The minimum Gasteiger partial charge on any atom is -0.310 e. The molecule has 2 atom stereocenters. The van der Waals surface area contributed by atoms with Gasteiger partial charge in [-0.2, -0.15) is 0 Å². The largest absolute Gasteiger partial charge is 0.310 e. The average Bonchev–Trinajstić information content (AvgIpc) is 3.67. The second-order valence-electron chi connectivity index (χ2n) is 16.5. The topological polar surface area (TPSA) is 3.24 Å². The molecule has 2 unspecified atom stereocenters. The van der Waals surface area contributed by atoms with Crippen LogP contribution in [0.2, 0.25) is 0 Å². The van der Waals surface area contributed by atoms with Gasteiger partial charge in [0.05, 0.1) is 11.1 Å². The van der Waals surface area contributed by atoms with E-state index in [1.807, 2.05) is 0 Å². The minimum atomic E-state index is -0.207. The molecule has 0 heterocycles. The van der Waals surface area contributed by atoms with Crippen LogP contribution in [0.15, 0.2) is 204 Å². The van der Waals surface area contributed by atoms with E-state index in [1.54, 1.807) is 5.57 Å². The van der Waals surface area contributed by atoms with Crippen molar-refractivity contribution < 1.29 is 0 Å². The molecular weight excluding hydrogens is 675 g/mol. The Kier molecular flexibility index (Phi) is 8.26. The monoisotopic (exact) mass is 723 g/mol. The summed E-state index contributed by atoms with van der Waals surface area (Å²) in [7, 11) is 0. The molecule has 274 valence electrons. The van der Waals surface area contributed by atoms with E-state index >= 15 is 0 Å². The van der Waals surface area contributed by atoms with E-state index in [4.69, 9.17) is 0 Å². The summed E-state index contributed by atoms with van der Waals surface area (Å²) in [6.07, 6.45) is 30.5. The predicted molar refractivity (Wildman–Crippen MR) is 237 cm³/mol. The molecular formula is C55H49N. The molecule has 4 aromatic rings. The smallest absolute Gasteiger partial charge is 0.0501 e. The Hall–Kier alpha value is -5.92. The first kappa shape index (κ1) is 34.6. The first-order valence-electron chi connectivity index (χ1n) is 20.5. The van der Waals surface area contributed by atoms with Gasteiger partial charge in [0.1, 0.15) is 0 Å². The van der Waals surface area contributed by atoms with Crippen LogP contribution in [0.25, 0.3) is 22.3 Å². The van der Waals surface area contributed by atoms with Gasteiger partial charge in [0.25, 0.3) is 0 Å². The average molecular weight is 724 g/mol. The molecule has 0 amide bonds. The molecule has 0 fully saturated rings. The molecule has 0 aliphatic heterocycles. The third-order valence-electron chi connectivity index (χ3n) is 13.4. The lowest BCUT2D eigenvalue weighted by Gasteiger charge is -2.40. The molecule has 1 heteroatoms. The van der Waals surface area contributed by atoms with Crippen LogP contribution >= 0.6 is 0 Å². The Morgan fingerprint density at radius 3 is 2.41 bits per heavy atom. The van der Waals surface area contributed by atoms with E-state index in [-0.39, 0.29) is 10.8 Å². The van der Waals surface area contributed by atoms with Crippen LogP contribution in [-0.2, 0) is 10.8 Å². The summed E-state index contributed by atoms with van der Waals surface area (Å²) in [6, 6.07) is 36.6. The lowest BCUT2D eigenvalue weighted by molar-refractivity contribution is 0.442. The first-order valence-corrected chi connectivity index (χ1v) is 20.5. The Labute approximate surface area is 333 Å². The molecule has 1 spiro atoms. The lowest BCUT2D eigenvalue weighted by Crippen LogP contribution is -2.35. The standard InChI is InChI=1S/C55H49N/c1-5-20-39(37-22-9-7-10-23-37)51(21-6-2)56(38-34-35-43-40-25-13-16-28-45(40)54(3,4)50(43)36-38)52-33-19-32-49-53(52)44-27-15-18-31-48(44)55(49)46-29-12-8-11-24-41(46)42-26-14-17-30-47(42)55/h5-18,21-23,25-29,31,33-36,47H,1,19-20,24,30,32H2,2-4H3/b21-6-,51-39-. The molecule has 10 rings (SSSR count). The zero-order valence-corrected chi connectivity index (χ0v) is 32.9. The van der Waals surface area contributed by atoms with Crippen molar-refractivity contribution >= 4 is 16.8 Å². The third-order valence-corrected chi connectivity index (χ3v) is 13.4. The number of hydrogen-bond donors (Lipinski definition) is 0.